The Kier molecular flexibility index (Phi) is 4.58. The quantitative estimate of drug-likeness (QED) is 0.448. The number of carbonyl (C=O) groups is 3. The summed E-state index contributed by atoms with van der Waals surface area (Å²) in [6.07, 6.45) is 1.70. The number of ketones is 1. The second-order valence-electron chi connectivity index (χ2n) is 8.63. The highest BCUT2D eigenvalue weighted by Crippen LogP contribution is 2.53. The lowest BCUT2D eigenvalue weighted by Gasteiger charge is -2.33. The first-order valence-electron chi connectivity index (χ1n) is 11.1. The lowest BCUT2D eigenvalue weighted by Crippen LogP contribution is -2.44. The van der Waals surface area contributed by atoms with Crippen molar-refractivity contribution in [3.8, 4) is 5.75 Å². The van der Waals surface area contributed by atoms with Crippen LogP contribution in [0.4, 0.5) is 5.69 Å². The first kappa shape index (κ1) is 20.4. The fourth-order valence-corrected chi connectivity index (χ4v) is 5.43. The number of ether oxygens (including phenoxy) is 1. The van der Waals surface area contributed by atoms with Gasteiger partial charge in [0.2, 0.25) is 11.8 Å². The van der Waals surface area contributed by atoms with E-state index in [-0.39, 0.29) is 17.6 Å². The number of nitrogens with zero attached hydrogens (tertiary/aromatic N) is 3. The Morgan fingerprint density at radius 2 is 1.53 bits per heavy atom. The Bertz CT molecular complexity index is 1340. The topological polar surface area (TPSA) is 79.3 Å². The van der Waals surface area contributed by atoms with Crippen LogP contribution in [-0.4, -0.2) is 42.0 Å². The number of hydrogen-bond donors (Lipinski definition) is 0. The van der Waals surface area contributed by atoms with E-state index in [4.69, 9.17) is 4.74 Å². The van der Waals surface area contributed by atoms with Crippen LogP contribution in [0, 0.1) is 11.8 Å². The Balaban J connectivity index is 1.48. The molecule has 3 aliphatic heterocycles. The van der Waals surface area contributed by atoms with Crippen molar-refractivity contribution in [2.24, 2.45) is 16.9 Å². The van der Waals surface area contributed by atoms with Gasteiger partial charge in [0, 0.05) is 5.56 Å². The fourth-order valence-electron chi connectivity index (χ4n) is 5.43. The van der Waals surface area contributed by atoms with Crippen LogP contribution in [0.25, 0.3) is 0 Å². The van der Waals surface area contributed by atoms with Crippen LogP contribution < -0.4 is 9.64 Å². The van der Waals surface area contributed by atoms with Crippen LogP contribution in [0.2, 0.25) is 0 Å². The minimum Gasteiger partial charge on any atom is -0.497 e. The zero-order valence-electron chi connectivity index (χ0n) is 18.4. The molecule has 0 N–H and O–H groups in total. The molecule has 3 aliphatic rings. The molecule has 0 saturated carbocycles. The van der Waals surface area contributed by atoms with Gasteiger partial charge in [-0.3, -0.25) is 19.4 Å². The highest BCUT2D eigenvalue weighted by molar-refractivity contribution is 6.24. The summed E-state index contributed by atoms with van der Waals surface area (Å²) in [5, 5.41) is 6.25. The number of imide groups is 1. The minimum absolute atomic E-state index is 0.243. The second-order valence-corrected chi connectivity index (χ2v) is 8.63. The van der Waals surface area contributed by atoms with Gasteiger partial charge in [0.15, 0.2) is 5.78 Å². The predicted molar refractivity (Wildman–Crippen MR) is 126 cm³/mol. The largest absolute Gasteiger partial charge is 0.497 e. The molecule has 7 nitrogen and oxygen atoms in total. The second kappa shape index (κ2) is 7.66. The van der Waals surface area contributed by atoms with Gasteiger partial charge in [-0.15, -0.1) is 0 Å². The lowest BCUT2D eigenvalue weighted by atomic mass is 9.83. The number of methoxy groups -OCH3 is 1. The maximum Gasteiger partial charge on any atom is 0.240 e. The van der Waals surface area contributed by atoms with Crippen LogP contribution in [-0.2, 0) is 9.59 Å². The van der Waals surface area contributed by atoms with Crippen LogP contribution in [0.1, 0.15) is 27.5 Å². The van der Waals surface area contributed by atoms with Crippen LogP contribution >= 0.6 is 0 Å². The van der Waals surface area contributed by atoms with E-state index in [0.717, 1.165) is 11.1 Å². The average Bonchev–Trinajstić information content (AvgIpc) is 3.36. The van der Waals surface area contributed by atoms with Crippen LogP contribution in [0.5, 0.6) is 5.75 Å². The lowest BCUT2D eigenvalue weighted by molar-refractivity contribution is -0.124. The van der Waals surface area contributed by atoms with Crippen molar-refractivity contribution in [1.82, 2.24) is 5.01 Å². The fraction of sp³-hybridized carbons (Fsp3) is 0.185. The average molecular weight is 451 g/mol. The number of fused-ring (bicyclic) bond motifs is 5. The third-order valence-electron chi connectivity index (χ3n) is 6.95. The molecule has 2 fully saturated rings. The molecule has 4 atom stereocenters. The minimum atomic E-state index is -0.891. The first-order valence-corrected chi connectivity index (χ1v) is 11.1. The van der Waals surface area contributed by atoms with Crippen molar-refractivity contribution in [2.75, 3.05) is 12.0 Å². The SMILES string of the molecule is COc1ccc(C(=O)[C@@H]2[C@@H]3C(=O)N(c4ccccc4)C(=O)[C@H]3[C@@H]3c4ccccc4C=NN23)cc1. The molecule has 34 heavy (non-hydrogen) atoms. The van der Waals surface area contributed by atoms with Gasteiger partial charge in [0.1, 0.15) is 11.8 Å². The number of amides is 2. The molecule has 3 heterocycles. The maximum atomic E-state index is 13.8. The molecule has 0 aromatic heterocycles. The zero-order chi connectivity index (χ0) is 23.4. The number of anilines is 1. The van der Waals surface area contributed by atoms with Crippen molar-refractivity contribution in [3.05, 3.63) is 95.6 Å². The van der Waals surface area contributed by atoms with Crippen molar-refractivity contribution < 1.29 is 19.1 Å². The normalized spacial score (nSPS) is 24.6. The number of hydrazone groups is 1. The van der Waals surface area contributed by atoms with Crippen molar-refractivity contribution in [3.63, 3.8) is 0 Å². The Hall–Kier alpha value is -4.26. The van der Waals surface area contributed by atoms with Gasteiger partial charge in [-0.05, 0) is 47.5 Å². The number of benzene rings is 3. The standard InChI is InChI=1S/C27H21N3O4/c1-34-19-13-11-16(12-14-19)25(31)24-22-21(23-20-10-6-5-7-17(20)15-28-30(23)24)26(32)29(27(22)33)18-8-3-2-4-9-18/h2-15,21-24H,1H3/t21-,22-,23+,24+/m1/s1. The van der Waals surface area contributed by atoms with E-state index in [1.807, 2.05) is 30.3 Å². The van der Waals surface area contributed by atoms with E-state index in [0.29, 0.717) is 17.0 Å². The van der Waals surface area contributed by atoms with E-state index in [1.54, 1.807) is 66.9 Å². The summed E-state index contributed by atoms with van der Waals surface area (Å²) in [7, 11) is 1.56. The van der Waals surface area contributed by atoms with Crippen molar-refractivity contribution >= 4 is 29.5 Å². The van der Waals surface area contributed by atoms with E-state index in [9.17, 15) is 14.4 Å². The van der Waals surface area contributed by atoms with E-state index < -0.39 is 23.9 Å². The Morgan fingerprint density at radius 3 is 2.26 bits per heavy atom. The van der Waals surface area contributed by atoms with Gasteiger partial charge in [-0.25, -0.2) is 4.90 Å². The Morgan fingerprint density at radius 1 is 0.853 bits per heavy atom. The van der Waals surface area contributed by atoms with Crippen molar-refractivity contribution in [1.29, 1.82) is 0 Å². The molecular formula is C27H21N3O4. The number of Topliss-reactive ketones (excluding diaryl/α,β-unsaturated/α-hetero) is 1. The van der Waals surface area contributed by atoms with Gasteiger partial charge < -0.3 is 4.74 Å². The predicted octanol–water partition coefficient (Wildman–Crippen LogP) is 3.46. The van der Waals surface area contributed by atoms with Gasteiger partial charge in [0.05, 0.1) is 36.9 Å². The zero-order valence-corrected chi connectivity index (χ0v) is 18.4. The van der Waals surface area contributed by atoms with Gasteiger partial charge >= 0.3 is 0 Å². The molecule has 3 aromatic rings. The highest BCUT2D eigenvalue weighted by atomic mass is 16.5. The molecule has 0 radical (unpaired) electrons. The van der Waals surface area contributed by atoms with E-state index >= 15 is 0 Å². The summed E-state index contributed by atoms with van der Waals surface area (Å²) in [4.78, 5) is 42.6. The third kappa shape index (κ3) is 2.83. The first-order chi connectivity index (χ1) is 16.6. The summed E-state index contributed by atoms with van der Waals surface area (Å²) >= 11 is 0. The number of carbonyl (C=O) groups excluding carboxylic acids is 3. The summed E-state index contributed by atoms with van der Waals surface area (Å²) in [5.74, 6) is -1.82. The van der Waals surface area contributed by atoms with Crippen molar-refractivity contribution in [2.45, 2.75) is 12.1 Å². The van der Waals surface area contributed by atoms with Gasteiger partial charge in [0.25, 0.3) is 0 Å². The summed E-state index contributed by atoms with van der Waals surface area (Å²) < 4.78 is 5.21. The van der Waals surface area contributed by atoms with Crippen LogP contribution in [0.3, 0.4) is 0 Å². The Labute approximate surface area is 196 Å². The molecular weight excluding hydrogens is 430 g/mol. The number of hydrogen-bond acceptors (Lipinski definition) is 6. The summed E-state index contributed by atoms with van der Waals surface area (Å²) in [6.45, 7) is 0. The molecule has 2 saturated heterocycles. The van der Waals surface area contributed by atoms with Gasteiger partial charge in [-0.1, -0.05) is 42.5 Å². The highest BCUT2D eigenvalue weighted by Gasteiger charge is 2.65. The molecule has 168 valence electrons. The molecule has 6 rings (SSSR count). The molecule has 3 aromatic carbocycles. The molecule has 2 amide bonds. The summed E-state index contributed by atoms with van der Waals surface area (Å²) in [6, 6.07) is 22.0. The monoisotopic (exact) mass is 451 g/mol. The van der Waals surface area contributed by atoms with Gasteiger partial charge in [-0.2, -0.15) is 5.10 Å². The molecule has 7 heteroatoms. The summed E-state index contributed by atoms with van der Waals surface area (Å²) in [5.41, 5.74) is 2.74. The van der Waals surface area contributed by atoms with Crippen LogP contribution in [0.15, 0.2) is 84.0 Å². The number of rotatable bonds is 4. The van der Waals surface area contributed by atoms with E-state index in [2.05, 4.69) is 5.10 Å². The third-order valence-corrected chi connectivity index (χ3v) is 6.95. The smallest absolute Gasteiger partial charge is 0.240 e. The maximum absolute atomic E-state index is 13.8. The molecule has 0 bridgehead atoms. The molecule has 0 spiro atoms. The number of para-hydroxylation sites is 1. The molecule has 0 aliphatic carbocycles. The van der Waals surface area contributed by atoms with E-state index in [1.165, 1.54) is 4.90 Å². The molecule has 0 unspecified atom stereocenters.